The minimum Gasteiger partial charge on any atom is -0.444 e. The van der Waals surface area contributed by atoms with Crippen molar-refractivity contribution < 1.29 is 9.53 Å². The number of carbonyl (C=O) groups is 1. The minimum atomic E-state index is -0.413. The molecule has 1 heterocycles. The first kappa shape index (κ1) is 12.0. The summed E-state index contributed by atoms with van der Waals surface area (Å²) >= 11 is 0. The van der Waals surface area contributed by atoms with Crippen molar-refractivity contribution in [2.45, 2.75) is 32.3 Å². The molecular formula is C14H18NO2. The van der Waals surface area contributed by atoms with Crippen LogP contribution in [0.4, 0.5) is 4.79 Å². The standard InChI is InChI=1S/C14H18NO2/c1-14(2,3)17-13(16)15-9-12(10-15)11-7-5-4-6-8-11/h5-8,12H,9-10H2,1-3H3. The second kappa shape index (κ2) is 4.40. The predicted molar refractivity (Wildman–Crippen MR) is 65.8 cm³/mol. The van der Waals surface area contributed by atoms with Gasteiger partial charge in [0.2, 0.25) is 0 Å². The topological polar surface area (TPSA) is 29.5 Å². The highest BCUT2D eigenvalue weighted by molar-refractivity contribution is 5.69. The summed E-state index contributed by atoms with van der Waals surface area (Å²) in [4.78, 5) is 13.5. The number of nitrogens with zero attached hydrogens (tertiary/aromatic N) is 1. The molecule has 1 fully saturated rings. The molecule has 1 radical (unpaired) electrons. The lowest BCUT2D eigenvalue weighted by molar-refractivity contribution is 0.00820. The summed E-state index contributed by atoms with van der Waals surface area (Å²) in [6, 6.07) is 10.9. The molecule has 1 aromatic rings. The molecule has 91 valence electrons. The average molecular weight is 232 g/mol. The summed E-state index contributed by atoms with van der Waals surface area (Å²) in [6.45, 7) is 7.15. The number of hydrogen-bond donors (Lipinski definition) is 0. The highest BCUT2D eigenvalue weighted by atomic mass is 16.6. The lowest BCUT2D eigenvalue weighted by atomic mass is 9.92. The summed E-state index contributed by atoms with van der Waals surface area (Å²) in [5.41, 5.74) is 0.854. The molecule has 0 aliphatic carbocycles. The first-order chi connectivity index (χ1) is 7.96. The summed E-state index contributed by atoms with van der Waals surface area (Å²) in [7, 11) is 0. The van der Waals surface area contributed by atoms with Gasteiger partial charge in [0.25, 0.3) is 0 Å². The van der Waals surface area contributed by atoms with E-state index in [0.29, 0.717) is 5.92 Å². The number of carbonyl (C=O) groups excluding carboxylic acids is 1. The maximum atomic E-state index is 11.7. The molecule has 17 heavy (non-hydrogen) atoms. The van der Waals surface area contributed by atoms with Crippen LogP contribution in [0.2, 0.25) is 0 Å². The Kier molecular flexibility index (Phi) is 3.09. The van der Waals surface area contributed by atoms with Crippen molar-refractivity contribution in [2.75, 3.05) is 13.1 Å². The van der Waals surface area contributed by atoms with Crippen molar-refractivity contribution in [3.63, 3.8) is 0 Å². The largest absolute Gasteiger partial charge is 0.444 e. The molecule has 0 bridgehead atoms. The Hall–Kier alpha value is -1.51. The third-order valence-corrected chi connectivity index (χ3v) is 2.75. The molecule has 1 saturated heterocycles. The maximum absolute atomic E-state index is 11.7. The second-order valence-corrected chi connectivity index (χ2v) is 5.42. The van der Waals surface area contributed by atoms with E-state index in [1.54, 1.807) is 4.90 Å². The molecule has 0 spiro atoms. The molecule has 0 atom stereocenters. The van der Waals surface area contributed by atoms with E-state index in [9.17, 15) is 4.79 Å². The van der Waals surface area contributed by atoms with Gasteiger partial charge in [-0.25, -0.2) is 4.79 Å². The van der Waals surface area contributed by atoms with E-state index in [1.165, 1.54) is 5.56 Å². The quantitative estimate of drug-likeness (QED) is 0.745. The fraction of sp³-hybridized carbons (Fsp3) is 0.500. The third-order valence-electron chi connectivity index (χ3n) is 2.75. The van der Waals surface area contributed by atoms with Gasteiger partial charge in [0.1, 0.15) is 5.60 Å². The molecule has 3 heteroatoms. The van der Waals surface area contributed by atoms with Crippen molar-refractivity contribution in [2.24, 2.45) is 0 Å². The predicted octanol–water partition coefficient (Wildman–Crippen LogP) is 2.82. The normalized spacial score (nSPS) is 16.5. The number of rotatable bonds is 1. The molecule has 0 aromatic heterocycles. The van der Waals surface area contributed by atoms with Gasteiger partial charge in [0.05, 0.1) is 0 Å². The fourth-order valence-corrected chi connectivity index (χ4v) is 1.84. The van der Waals surface area contributed by atoms with Crippen molar-refractivity contribution in [3.8, 4) is 0 Å². The SMILES string of the molecule is CC(C)(C)OC(=O)N1CC(c2cc[c]cc2)C1. The lowest BCUT2D eigenvalue weighted by Gasteiger charge is -2.40. The molecular weight excluding hydrogens is 214 g/mol. The third kappa shape index (κ3) is 2.99. The number of ether oxygens (including phenoxy) is 1. The molecule has 2 rings (SSSR count). The summed E-state index contributed by atoms with van der Waals surface area (Å²) < 4.78 is 5.31. The van der Waals surface area contributed by atoms with Gasteiger partial charge in [0, 0.05) is 19.0 Å². The van der Waals surface area contributed by atoms with Gasteiger partial charge in [-0.15, -0.1) is 0 Å². The number of amides is 1. The number of benzene rings is 1. The Morgan fingerprint density at radius 1 is 1.35 bits per heavy atom. The van der Waals surface area contributed by atoms with Crippen LogP contribution in [0.3, 0.4) is 0 Å². The smallest absolute Gasteiger partial charge is 0.410 e. The van der Waals surface area contributed by atoms with E-state index >= 15 is 0 Å². The molecule has 1 aliphatic heterocycles. The van der Waals surface area contributed by atoms with Crippen LogP contribution in [0.25, 0.3) is 0 Å². The highest BCUT2D eigenvalue weighted by Crippen LogP contribution is 2.27. The Balaban J connectivity index is 1.85. The maximum Gasteiger partial charge on any atom is 0.410 e. The molecule has 3 nitrogen and oxygen atoms in total. The molecule has 0 N–H and O–H groups in total. The van der Waals surface area contributed by atoms with Crippen molar-refractivity contribution in [1.29, 1.82) is 0 Å². The van der Waals surface area contributed by atoms with Crippen LogP contribution in [0, 0.1) is 6.07 Å². The highest BCUT2D eigenvalue weighted by Gasteiger charge is 2.34. The van der Waals surface area contributed by atoms with Crippen molar-refractivity contribution >= 4 is 6.09 Å². The van der Waals surface area contributed by atoms with E-state index in [0.717, 1.165) is 13.1 Å². The van der Waals surface area contributed by atoms with Crippen molar-refractivity contribution in [1.82, 2.24) is 4.90 Å². The summed E-state index contributed by atoms with van der Waals surface area (Å²) in [6.07, 6.45) is -0.212. The second-order valence-electron chi connectivity index (χ2n) is 5.42. The summed E-state index contributed by atoms with van der Waals surface area (Å²) in [5.74, 6) is 0.442. The van der Waals surface area contributed by atoms with E-state index in [1.807, 2.05) is 32.9 Å². The van der Waals surface area contributed by atoms with Crippen LogP contribution >= 0.6 is 0 Å². The zero-order valence-corrected chi connectivity index (χ0v) is 10.6. The number of likely N-dealkylation sites (tertiary alicyclic amines) is 1. The molecule has 0 saturated carbocycles. The Bertz CT molecular complexity index is 388. The van der Waals surface area contributed by atoms with E-state index in [2.05, 4.69) is 18.2 Å². The van der Waals surface area contributed by atoms with Gasteiger partial charge >= 0.3 is 6.09 Å². The zero-order valence-electron chi connectivity index (χ0n) is 10.6. The van der Waals surface area contributed by atoms with E-state index in [-0.39, 0.29) is 6.09 Å². The number of hydrogen-bond acceptors (Lipinski definition) is 2. The Labute approximate surface area is 102 Å². The molecule has 1 aromatic carbocycles. The van der Waals surface area contributed by atoms with Gasteiger partial charge in [-0.1, -0.05) is 24.3 Å². The molecule has 0 unspecified atom stereocenters. The van der Waals surface area contributed by atoms with Crippen LogP contribution in [-0.4, -0.2) is 29.7 Å². The van der Waals surface area contributed by atoms with Crippen LogP contribution in [0.15, 0.2) is 24.3 Å². The van der Waals surface area contributed by atoms with E-state index in [4.69, 9.17) is 4.74 Å². The summed E-state index contributed by atoms with van der Waals surface area (Å²) in [5, 5.41) is 0. The van der Waals surface area contributed by atoms with Gasteiger partial charge in [-0.3, -0.25) is 0 Å². The average Bonchev–Trinajstić information content (AvgIpc) is 2.14. The van der Waals surface area contributed by atoms with Gasteiger partial charge in [-0.2, -0.15) is 0 Å². The van der Waals surface area contributed by atoms with Crippen LogP contribution < -0.4 is 0 Å². The lowest BCUT2D eigenvalue weighted by Crippen LogP contribution is -2.50. The van der Waals surface area contributed by atoms with E-state index < -0.39 is 5.60 Å². The monoisotopic (exact) mass is 232 g/mol. The van der Waals surface area contributed by atoms with Crippen molar-refractivity contribution in [3.05, 3.63) is 35.9 Å². The fourth-order valence-electron chi connectivity index (χ4n) is 1.84. The Morgan fingerprint density at radius 2 is 1.94 bits per heavy atom. The van der Waals surface area contributed by atoms with Gasteiger partial charge < -0.3 is 9.64 Å². The Morgan fingerprint density at radius 3 is 2.47 bits per heavy atom. The molecule has 1 aliphatic rings. The van der Waals surface area contributed by atoms with Crippen LogP contribution in [0.5, 0.6) is 0 Å². The molecule has 1 amide bonds. The van der Waals surface area contributed by atoms with Gasteiger partial charge in [-0.05, 0) is 32.4 Å². The first-order valence-electron chi connectivity index (χ1n) is 5.89. The van der Waals surface area contributed by atoms with Crippen LogP contribution in [-0.2, 0) is 4.74 Å². The zero-order chi connectivity index (χ0) is 12.5. The van der Waals surface area contributed by atoms with Crippen LogP contribution in [0.1, 0.15) is 32.3 Å². The first-order valence-corrected chi connectivity index (χ1v) is 5.89. The van der Waals surface area contributed by atoms with Gasteiger partial charge in [0.15, 0.2) is 0 Å². The minimum absolute atomic E-state index is 0.212.